The van der Waals surface area contributed by atoms with E-state index in [4.69, 9.17) is 9.72 Å². The van der Waals surface area contributed by atoms with Crippen molar-refractivity contribution in [2.75, 3.05) is 58.2 Å². The topological polar surface area (TPSA) is 85.1 Å². The molecule has 0 aliphatic carbocycles. The van der Waals surface area contributed by atoms with E-state index < -0.39 is 0 Å². The van der Waals surface area contributed by atoms with Gasteiger partial charge in [-0.2, -0.15) is 5.10 Å². The van der Waals surface area contributed by atoms with Crippen LogP contribution in [0.5, 0.6) is 5.75 Å². The van der Waals surface area contributed by atoms with Crippen molar-refractivity contribution in [2.45, 2.75) is 13.3 Å². The summed E-state index contributed by atoms with van der Waals surface area (Å²) in [4.78, 5) is 13.2. The molecule has 1 saturated heterocycles. The lowest BCUT2D eigenvalue weighted by atomic mass is 10.2. The maximum atomic E-state index is 5.65. The summed E-state index contributed by atoms with van der Waals surface area (Å²) >= 11 is 0. The van der Waals surface area contributed by atoms with Gasteiger partial charge in [-0.3, -0.25) is 5.10 Å². The van der Waals surface area contributed by atoms with Gasteiger partial charge in [0.15, 0.2) is 5.82 Å². The molecule has 168 valence electrons. The van der Waals surface area contributed by atoms with Gasteiger partial charge < -0.3 is 24.8 Å². The number of rotatable bonds is 8. The summed E-state index contributed by atoms with van der Waals surface area (Å²) in [5, 5.41) is 12.1. The number of benzene rings is 2. The molecule has 3 heterocycles. The summed E-state index contributed by atoms with van der Waals surface area (Å²) < 4.78 is 5.65. The number of nitrogens with zero attached hydrogens (tertiary/aromatic N) is 4. The van der Waals surface area contributed by atoms with Crippen LogP contribution in [0.1, 0.15) is 13.3 Å². The van der Waals surface area contributed by atoms with Crippen LogP contribution in [-0.4, -0.2) is 82.9 Å². The van der Waals surface area contributed by atoms with E-state index in [1.807, 2.05) is 25.1 Å². The molecule has 0 saturated carbocycles. The van der Waals surface area contributed by atoms with Crippen LogP contribution in [0.4, 0.5) is 5.69 Å². The highest BCUT2D eigenvalue weighted by atomic mass is 16.5. The summed E-state index contributed by atoms with van der Waals surface area (Å²) in [6, 6.07) is 12.2. The van der Waals surface area contributed by atoms with E-state index in [1.165, 1.54) is 26.2 Å². The number of imidazole rings is 1. The number of piperazine rings is 1. The number of aromatic amines is 2. The molecule has 0 radical (unpaired) electrons. The second-order valence-electron chi connectivity index (χ2n) is 8.46. The Labute approximate surface area is 188 Å². The van der Waals surface area contributed by atoms with Gasteiger partial charge in [-0.15, -0.1) is 0 Å². The molecule has 1 fully saturated rings. The van der Waals surface area contributed by atoms with Gasteiger partial charge in [-0.05, 0) is 63.3 Å². The van der Waals surface area contributed by atoms with Gasteiger partial charge in [0.1, 0.15) is 11.4 Å². The number of nitrogens with one attached hydrogen (secondary N) is 3. The summed E-state index contributed by atoms with van der Waals surface area (Å²) in [6.45, 7) is 9.41. The van der Waals surface area contributed by atoms with Crippen LogP contribution in [0, 0.1) is 0 Å². The van der Waals surface area contributed by atoms with Crippen molar-refractivity contribution in [2.24, 2.45) is 0 Å². The van der Waals surface area contributed by atoms with E-state index in [1.54, 1.807) is 0 Å². The van der Waals surface area contributed by atoms with Crippen molar-refractivity contribution >= 4 is 27.6 Å². The number of ether oxygens (including phenoxy) is 1. The standard InChI is InChI=1S/C24H31N7O/c1-3-32-18-6-8-20-19(16-18)23(29-28-20)24-26-21-7-5-17(15-22(21)27-24)25-9-4-10-31-13-11-30(2)12-14-31/h5-8,15-16,25H,3-4,9-14H2,1-2H3,(H,26,27)(H,28,29). The molecule has 0 atom stereocenters. The maximum Gasteiger partial charge on any atom is 0.159 e. The normalized spacial score (nSPS) is 15.6. The predicted octanol–water partition coefficient (Wildman–Crippen LogP) is 3.55. The van der Waals surface area contributed by atoms with Crippen molar-refractivity contribution in [3.8, 4) is 17.3 Å². The van der Waals surface area contributed by atoms with E-state index in [9.17, 15) is 0 Å². The number of aromatic nitrogens is 4. The number of fused-ring (bicyclic) bond motifs is 2. The van der Waals surface area contributed by atoms with Crippen LogP contribution < -0.4 is 10.1 Å². The van der Waals surface area contributed by atoms with Crippen LogP contribution in [-0.2, 0) is 0 Å². The summed E-state index contributed by atoms with van der Waals surface area (Å²) in [5.74, 6) is 1.59. The number of hydrogen-bond acceptors (Lipinski definition) is 6. The van der Waals surface area contributed by atoms with Crippen molar-refractivity contribution in [1.29, 1.82) is 0 Å². The number of anilines is 1. The lowest BCUT2D eigenvalue weighted by molar-refractivity contribution is 0.154. The minimum absolute atomic E-state index is 0.633. The van der Waals surface area contributed by atoms with Crippen LogP contribution in [0.2, 0.25) is 0 Å². The summed E-state index contributed by atoms with van der Waals surface area (Å²) in [5.41, 5.74) is 4.81. The monoisotopic (exact) mass is 433 g/mol. The number of hydrogen-bond donors (Lipinski definition) is 3. The molecule has 0 bridgehead atoms. The molecule has 3 N–H and O–H groups in total. The first-order valence-corrected chi connectivity index (χ1v) is 11.5. The quantitative estimate of drug-likeness (QED) is 0.369. The lowest BCUT2D eigenvalue weighted by Crippen LogP contribution is -2.44. The average molecular weight is 434 g/mol. The second kappa shape index (κ2) is 9.18. The maximum absolute atomic E-state index is 5.65. The fourth-order valence-electron chi connectivity index (χ4n) is 4.27. The van der Waals surface area contributed by atoms with Gasteiger partial charge in [0.2, 0.25) is 0 Å². The Morgan fingerprint density at radius 3 is 2.78 bits per heavy atom. The van der Waals surface area contributed by atoms with Crippen molar-refractivity contribution in [1.82, 2.24) is 30.0 Å². The molecule has 2 aromatic heterocycles. The van der Waals surface area contributed by atoms with Crippen LogP contribution >= 0.6 is 0 Å². The molecule has 0 spiro atoms. The van der Waals surface area contributed by atoms with Crippen molar-refractivity contribution in [3.05, 3.63) is 36.4 Å². The molecular weight excluding hydrogens is 402 g/mol. The molecule has 32 heavy (non-hydrogen) atoms. The second-order valence-corrected chi connectivity index (χ2v) is 8.46. The molecule has 8 heteroatoms. The zero-order chi connectivity index (χ0) is 21.9. The SMILES string of the molecule is CCOc1ccc2[nH]nc(-c3nc4ccc(NCCCN5CCN(C)CC5)cc4[nH]3)c2c1. The fourth-order valence-corrected chi connectivity index (χ4v) is 4.27. The zero-order valence-corrected chi connectivity index (χ0v) is 18.8. The van der Waals surface area contributed by atoms with Crippen molar-refractivity contribution < 1.29 is 4.74 Å². The van der Waals surface area contributed by atoms with E-state index in [-0.39, 0.29) is 0 Å². The highest BCUT2D eigenvalue weighted by Gasteiger charge is 2.14. The third-order valence-corrected chi connectivity index (χ3v) is 6.13. The summed E-state index contributed by atoms with van der Waals surface area (Å²) in [7, 11) is 2.20. The Hall–Kier alpha value is -3.10. The molecule has 4 aromatic rings. The first-order valence-electron chi connectivity index (χ1n) is 11.5. The third kappa shape index (κ3) is 4.42. The minimum atomic E-state index is 0.633. The first kappa shape index (κ1) is 20.8. The molecule has 0 amide bonds. The highest BCUT2D eigenvalue weighted by Crippen LogP contribution is 2.29. The first-order chi connectivity index (χ1) is 15.7. The Morgan fingerprint density at radius 1 is 1.06 bits per heavy atom. The van der Waals surface area contributed by atoms with E-state index in [0.717, 1.165) is 64.4 Å². The molecule has 2 aromatic carbocycles. The zero-order valence-electron chi connectivity index (χ0n) is 18.8. The molecule has 8 nitrogen and oxygen atoms in total. The summed E-state index contributed by atoms with van der Waals surface area (Å²) in [6.07, 6.45) is 1.14. The van der Waals surface area contributed by atoms with Gasteiger partial charge in [-0.25, -0.2) is 4.98 Å². The van der Waals surface area contributed by atoms with Crippen LogP contribution in [0.3, 0.4) is 0 Å². The van der Waals surface area contributed by atoms with E-state index in [2.05, 4.69) is 55.5 Å². The Morgan fingerprint density at radius 2 is 1.94 bits per heavy atom. The lowest BCUT2D eigenvalue weighted by Gasteiger charge is -2.32. The van der Waals surface area contributed by atoms with Gasteiger partial charge in [0.25, 0.3) is 0 Å². The minimum Gasteiger partial charge on any atom is -0.494 e. The molecule has 1 aliphatic rings. The number of H-pyrrole nitrogens is 2. The van der Waals surface area contributed by atoms with Crippen LogP contribution in [0.15, 0.2) is 36.4 Å². The van der Waals surface area contributed by atoms with Gasteiger partial charge in [0, 0.05) is 43.8 Å². The Kier molecular flexibility index (Phi) is 5.96. The largest absolute Gasteiger partial charge is 0.494 e. The van der Waals surface area contributed by atoms with Crippen LogP contribution in [0.25, 0.3) is 33.5 Å². The molecule has 5 rings (SSSR count). The van der Waals surface area contributed by atoms with Gasteiger partial charge in [0.05, 0.1) is 23.2 Å². The molecular formula is C24H31N7O. The van der Waals surface area contributed by atoms with E-state index in [0.29, 0.717) is 6.61 Å². The van der Waals surface area contributed by atoms with Gasteiger partial charge >= 0.3 is 0 Å². The Balaban J connectivity index is 1.26. The average Bonchev–Trinajstić information content (AvgIpc) is 3.41. The van der Waals surface area contributed by atoms with Crippen molar-refractivity contribution in [3.63, 3.8) is 0 Å². The van der Waals surface area contributed by atoms with Gasteiger partial charge in [-0.1, -0.05) is 0 Å². The number of likely N-dealkylation sites (N-methyl/N-ethyl adjacent to an activating group) is 1. The third-order valence-electron chi connectivity index (χ3n) is 6.13. The van der Waals surface area contributed by atoms with E-state index >= 15 is 0 Å². The predicted molar refractivity (Wildman–Crippen MR) is 129 cm³/mol. The smallest absolute Gasteiger partial charge is 0.159 e. The molecule has 0 unspecified atom stereocenters. The molecule has 1 aliphatic heterocycles. The fraction of sp³-hybridized carbons (Fsp3) is 0.417. The highest BCUT2D eigenvalue weighted by molar-refractivity contribution is 5.94. The Bertz CT molecular complexity index is 1190.